The highest BCUT2D eigenvalue weighted by Crippen LogP contribution is 2.34. The third-order valence-electron chi connectivity index (χ3n) is 2.78. The van der Waals surface area contributed by atoms with Crippen LogP contribution in [0.15, 0.2) is 18.2 Å². The fourth-order valence-electron chi connectivity index (χ4n) is 1.68. The van der Waals surface area contributed by atoms with Crippen LogP contribution in [-0.2, 0) is 10.3 Å². The Morgan fingerprint density at radius 2 is 1.88 bits per heavy atom. The van der Waals surface area contributed by atoms with Crippen molar-refractivity contribution in [2.24, 2.45) is 0 Å². The molecule has 1 aromatic carbocycles. The first-order chi connectivity index (χ1) is 8.05. The van der Waals surface area contributed by atoms with Crippen molar-refractivity contribution in [1.29, 1.82) is 0 Å². The highest BCUT2D eigenvalue weighted by molar-refractivity contribution is 5.43. The molecule has 0 aliphatic carbocycles. The summed E-state index contributed by atoms with van der Waals surface area (Å²) in [6, 6.07) is 5.38. The lowest BCUT2D eigenvalue weighted by molar-refractivity contribution is 0.0191. The van der Waals surface area contributed by atoms with Crippen LogP contribution in [0, 0.1) is 0 Å². The molecule has 0 saturated carbocycles. The van der Waals surface area contributed by atoms with Gasteiger partial charge in [0.15, 0.2) is 0 Å². The van der Waals surface area contributed by atoms with Gasteiger partial charge in [-0.2, -0.15) is 0 Å². The Bertz CT molecular complexity index is 360. The van der Waals surface area contributed by atoms with Gasteiger partial charge in [-0.15, -0.1) is 0 Å². The van der Waals surface area contributed by atoms with Crippen molar-refractivity contribution in [2.75, 3.05) is 27.9 Å². The summed E-state index contributed by atoms with van der Waals surface area (Å²) in [4.78, 5) is 0. The smallest absolute Gasteiger partial charge is 0.128 e. The van der Waals surface area contributed by atoms with Gasteiger partial charge in [-0.3, -0.25) is 0 Å². The molecule has 0 heterocycles. The Balaban J connectivity index is 3.03. The van der Waals surface area contributed by atoms with Crippen molar-refractivity contribution in [3.8, 4) is 11.5 Å². The average molecular weight is 240 g/mol. The molecule has 0 fully saturated rings. The maximum Gasteiger partial charge on any atom is 0.128 e. The number of aliphatic hydroxyl groups is 1. The number of hydrogen-bond donors (Lipinski definition) is 1. The number of benzene rings is 1. The molecule has 0 radical (unpaired) electrons. The van der Waals surface area contributed by atoms with E-state index in [0.29, 0.717) is 24.5 Å². The lowest BCUT2D eigenvalue weighted by Gasteiger charge is -2.25. The van der Waals surface area contributed by atoms with E-state index in [9.17, 15) is 5.11 Å². The highest BCUT2D eigenvalue weighted by Gasteiger charge is 2.26. The molecule has 1 aromatic rings. The minimum atomic E-state index is -0.979. The van der Waals surface area contributed by atoms with Crippen LogP contribution in [0.4, 0.5) is 0 Å². The van der Waals surface area contributed by atoms with Crippen molar-refractivity contribution in [3.63, 3.8) is 0 Å². The molecule has 0 aromatic heterocycles. The van der Waals surface area contributed by atoms with Crippen LogP contribution in [0.5, 0.6) is 11.5 Å². The van der Waals surface area contributed by atoms with Crippen LogP contribution in [-0.4, -0.2) is 33.0 Å². The van der Waals surface area contributed by atoms with Crippen molar-refractivity contribution >= 4 is 0 Å². The minimum Gasteiger partial charge on any atom is -0.497 e. The Labute approximate surface area is 102 Å². The molecule has 4 heteroatoms. The lowest BCUT2D eigenvalue weighted by Crippen LogP contribution is -2.23. The van der Waals surface area contributed by atoms with E-state index in [1.165, 1.54) is 0 Å². The Kier molecular flexibility index (Phi) is 4.78. The quantitative estimate of drug-likeness (QED) is 0.825. The first kappa shape index (κ1) is 13.8. The second kappa shape index (κ2) is 5.89. The summed E-state index contributed by atoms with van der Waals surface area (Å²) in [6.07, 6.45) is 0.506. The van der Waals surface area contributed by atoms with E-state index in [2.05, 4.69) is 0 Å². The summed E-state index contributed by atoms with van der Waals surface area (Å²) in [5.74, 6) is 1.32. The molecule has 4 nitrogen and oxygen atoms in total. The number of methoxy groups -OCH3 is 3. The topological polar surface area (TPSA) is 47.9 Å². The summed E-state index contributed by atoms with van der Waals surface area (Å²) in [5.41, 5.74) is -0.244. The van der Waals surface area contributed by atoms with Crippen molar-refractivity contribution in [3.05, 3.63) is 23.8 Å². The summed E-state index contributed by atoms with van der Waals surface area (Å²) in [5, 5.41) is 10.4. The summed E-state index contributed by atoms with van der Waals surface area (Å²) in [6.45, 7) is 2.23. The fraction of sp³-hybridized carbons (Fsp3) is 0.538. The third kappa shape index (κ3) is 3.35. The fourth-order valence-corrected chi connectivity index (χ4v) is 1.68. The first-order valence-electron chi connectivity index (χ1n) is 5.49. The van der Waals surface area contributed by atoms with E-state index < -0.39 is 5.60 Å². The maximum absolute atomic E-state index is 10.4. The van der Waals surface area contributed by atoms with Crippen LogP contribution < -0.4 is 9.47 Å². The van der Waals surface area contributed by atoms with E-state index >= 15 is 0 Å². The normalized spacial score (nSPS) is 14.2. The molecular weight excluding hydrogens is 220 g/mol. The van der Waals surface area contributed by atoms with Gasteiger partial charge in [0.25, 0.3) is 0 Å². The van der Waals surface area contributed by atoms with E-state index in [1.54, 1.807) is 40.4 Å². The SMILES string of the molecule is COCCC(C)(O)c1ccc(OC)cc1OC. The lowest BCUT2D eigenvalue weighted by atomic mass is 9.92. The van der Waals surface area contributed by atoms with Crippen molar-refractivity contribution in [1.82, 2.24) is 0 Å². The van der Waals surface area contributed by atoms with Crippen LogP contribution in [0.2, 0.25) is 0 Å². The molecule has 17 heavy (non-hydrogen) atoms. The van der Waals surface area contributed by atoms with Crippen molar-refractivity contribution in [2.45, 2.75) is 18.9 Å². The third-order valence-corrected chi connectivity index (χ3v) is 2.78. The first-order valence-corrected chi connectivity index (χ1v) is 5.49. The summed E-state index contributed by atoms with van der Waals surface area (Å²) in [7, 11) is 4.78. The van der Waals surface area contributed by atoms with Gasteiger partial charge < -0.3 is 19.3 Å². The van der Waals surface area contributed by atoms with E-state index in [4.69, 9.17) is 14.2 Å². The predicted molar refractivity (Wildman–Crippen MR) is 65.6 cm³/mol. The second-order valence-electron chi connectivity index (χ2n) is 4.08. The van der Waals surface area contributed by atoms with Crippen LogP contribution in [0.25, 0.3) is 0 Å². The van der Waals surface area contributed by atoms with Gasteiger partial charge in [-0.1, -0.05) is 0 Å². The molecule has 96 valence electrons. The van der Waals surface area contributed by atoms with Gasteiger partial charge in [0.1, 0.15) is 11.5 Å². The molecule has 1 unspecified atom stereocenters. The van der Waals surface area contributed by atoms with Gasteiger partial charge >= 0.3 is 0 Å². The second-order valence-corrected chi connectivity index (χ2v) is 4.08. The predicted octanol–water partition coefficient (Wildman–Crippen LogP) is 1.95. The molecule has 0 aliphatic heterocycles. The van der Waals surface area contributed by atoms with E-state index in [1.807, 2.05) is 6.07 Å². The van der Waals surface area contributed by atoms with Crippen LogP contribution in [0.3, 0.4) is 0 Å². The number of hydrogen-bond acceptors (Lipinski definition) is 4. The summed E-state index contributed by atoms with van der Waals surface area (Å²) < 4.78 is 15.4. The Morgan fingerprint density at radius 3 is 2.41 bits per heavy atom. The molecule has 0 bridgehead atoms. The van der Waals surface area contributed by atoms with Gasteiger partial charge in [-0.05, 0) is 19.1 Å². The molecule has 0 spiro atoms. The van der Waals surface area contributed by atoms with Gasteiger partial charge in [0.05, 0.1) is 19.8 Å². The zero-order valence-corrected chi connectivity index (χ0v) is 10.8. The minimum absolute atomic E-state index is 0.488. The maximum atomic E-state index is 10.4. The standard InChI is InChI=1S/C13H20O4/c1-13(14,7-8-15-2)11-6-5-10(16-3)9-12(11)17-4/h5-6,9,14H,7-8H2,1-4H3. The Hall–Kier alpha value is -1.26. The molecule has 1 atom stereocenters. The molecular formula is C13H20O4. The van der Waals surface area contributed by atoms with E-state index in [-0.39, 0.29) is 0 Å². The molecule has 1 N–H and O–H groups in total. The Morgan fingerprint density at radius 1 is 1.18 bits per heavy atom. The molecule has 0 amide bonds. The largest absolute Gasteiger partial charge is 0.497 e. The zero-order chi connectivity index (χ0) is 12.9. The monoisotopic (exact) mass is 240 g/mol. The molecule has 0 saturated heterocycles. The van der Waals surface area contributed by atoms with Gasteiger partial charge in [-0.25, -0.2) is 0 Å². The van der Waals surface area contributed by atoms with Gasteiger partial charge in [0.2, 0.25) is 0 Å². The molecule has 0 aliphatic rings. The number of rotatable bonds is 6. The van der Waals surface area contributed by atoms with Crippen LogP contribution in [0.1, 0.15) is 18.9 Å². The molecule has 1 rings (SSSR count). The zero-order valence-electron chi connectivity index (χ0n) is 10.8. The summed E-state index contributed by atoms with van der Waals surface area (Å²) >= 11 is 0. The average Bonchev–Trinajstić information content (AvgIpc) is 2.35. The van der Waals surface area contributed by atoms with Gasteiger partial charge in [0, 0.05) is 31.8 Å². The number of ether oxygens (including phenoxy) is 3. The van der Waals surface area contributed by atoms with Crippen molar-refractivity contribution < 1.29 is 19.3 Å². The highest BCUT2D eigenvalue weighted by atomic mass is 16.5. The van der Waals surface area contributed by atoms with Crippen LogP contribution >= 0.6 is 0 Å². The van der Waals surface area contributed by atoms with E-state index in [0.717, 1.165) is 5.56 Å².